The van der Waals surface area contributed by atoms with Crippen LogP contribution in [0.4, 0.5) is 0 Å². The number of carbonyl (C=O) groups excluding carboxylic acids is 2. The van der Waals surface area contributed by atoms with Crippen LogP contribution >= 0.6 is 34.9 Å². The van der Waals surface area contributed by atoms with Crippen molar-refractivity contribution in [3.63, 3.8) is 0 Å². The van der Waals surface area contributed by atoms with Gasteiger partial charge in [-0.05, 0) is 25.3 Å². The van der Waals surface area contributed by atoms with Crippen LogP contribution in [0.15, 0.2) is 27.3 Å². The minimum absolute atomic E-state index is 0.0368. The van der Waals surface area contributed by atoms with Crippen molar-refractivity contribution in [2.45, 2.75) is 36.7 Å². The Morgan fingerprint density at radius 2 is 2.15 bits per heavy atom. The Bertz CT molecular complexity index is 1170. The number of hydrogen-bond donors (Lipinski definition) is 3. The molecule has 0 saturated carbocycles. The summed E-state index contributed by atoms with van der Waals surface area (Å²) in [6, 6.07) is 3.08. The molecule has 2 aliphatic rings. The summed E-state index contributed by atoms with van der Waals surface area (Å²) in [5, 5.41) is 14.8. The van der Waals surface area contributed by atoms with Gasteiger partial charge in [0, 0.05) is 34.2 Å². The van der Waals surface area contributed by atoms with E-state index in [1.807, 2.05) is 17.5 Å². The van der Waals surface area contributed by atoms with Gasteiger partial charge in [-0.3, -0.25) is 14.4 Å². The van der Waals surface area contributed by atoms with E-state index in [1.165, 1.54) is 39.8 Å². The van der Waals surface area contributed by atoms with E-state index in [0.717, 1.165) is 9.55 Å². The number of thiophene rings is 1. The lowest BCUT2D eigenvalue weighted by molar-refractivity contribution is -0.157. The zero-order chi connectivity index (χ0) is 23.9. The molecule has 2 amide bonds. The van der Waals surface area contributed by atoms with Crippen LogP contribution in [0.5, 0.6) is 0 Å². The van der Waals surface area contributed by atoms with E-state index >= 15 is 0 Å². The summed E-state index contributed by atoms with van der Waals surface area (Å²) in [7, 11) is 0. The maximum absolute atomic E-state index is 12.7. The number of thioether (sulfide) groups is 2. The van der Waals surface area contributed by atoms with Gasteiger partial charge in [0.25, 0.3) is 0 Å². The second-order valence-corrected chi connectivity index (χ2v) is 11.2. The van der Waals surface area contributed by atoms with Crippen molar-refractivity contribution in [2.75, 3.05) is 23.9 Å². The summed E-state index contributed by atoms with van der Waals surface area (Å²) >= 11 is 4.01. The Kier molecular flexibility index (Phi) is 6.47. The van der Waals surface area contributed by atoms with Gasteiger partial charge in [0.2, 0.25) is 11.8 Å². The third-order valence-electron chi connectivity index (χ3n) is 5.94. The third-order valence-corrected chi connectivity index (χ3v) is 9.77. The molecular formula is C20H23N5O5S3. The summed E-state index contributed by atoms with van der Waals surface area (Å²) in [4.78, 5) is 55.6. The maximum Gasteiger partial charge on any atom is 0.367 e. The monoisotopic (exact) mass is 509 g/mol. The SMILES string of the molecule is Cc1c(SCC2(C(=O)O)CS[C@@H]3[C@H](NC(=O)Cc4cccs4)C(=O)N3C2)nc(=O)n(N)c1C. The fourth-order valence-corrected chi connectivity index (χ4v) is 7.36. The smallest absolute Gasteiger partial charge is 0.367 e. The highest BCUT2D eigenvalue weighted by molar-refractivity contribution is 8.00. The number of aliphatic carboxylic acids is 1. The second kappa shape index (κ2) is 9.03. The van der Waals surface area contributed by atoms with E-state index in [2.05, 4.69) is 10.3 Å². The molecule has 2 saturated heterocycles. The highest BCUT2D eigenvalue weighted by Crippen LogP contribution is 2.44. The largest absolute Gasteiger partial charge is 0.481 e. The Balaban J connectivity index is 1.42. The van der Waals surface area contributed by atoms with Gasteiger partial charge in [0.05, 0.1) is 6.42 Å². The number of nitrogens with zero attached hydrogens (tertiary/aromatic N) is 3. The van der Waals surface area contributed by atoms with Crippen molar-refractivity contribution in [3.8, 4) is 0 Å². The first-order valence-corrected chi connectivity index (χ1v) is 13.0. The number of nitrogens with two attached hydrogens (primary N) is 1. The first kappa shape index (κ1) is 23.6. The van der Waals surface area contributed by atoms with Gasteiger partial charge in [-0.15, -0.1) is 34.9 Å². The molecule has 2 aromatic heterocycles. The molecule has 4 N–H and O–H groups in total. The van der Waals surface area contributed by atoms with Crippen LogP contribution in [0.25, 0.3) is 0 Å². The van der Waals surface area contributed by atoms with Crippen LogP contribution in [-0.2, 0) is 20.8 Å². The minimum Gasteiger partial charge on any atom is -0.481 e. The number of rotatable bonds is 7. The van der Waals surface area contributed by atoms with Gasteiger partial charge in [0.15, 0.2) is 0 Å². The van der Waals surface area contributed by atoms with E-state index in [1.54, 1.807) is 13.8 Å². The van der Waals surface area contributed by atoms with Crippen LogP contribution in [0, 0.1) is 19.3 Å². The summed E-state index contributed by atoms with van der Waals surface area (Å²) in [5.74, 6) is 4.56. The average molecular weight is 510 g/mol. The number of carbonyl (C=O) groups is 3. The van der Waals surface area contributed by atoms with E-state index < -0.39 is 23.1 Å². The molecule has 4 heterocycles. The second-order valence-electron chi connectivity index (χ2n) is 8.12. The first-order valence-electron chi connectivity index (χ1n) is 10.1. The van der Waals surface area contributed by atoms with Crippen molar-refractivity contribution >= 4 is 52.6 Å². The average Bonchev–Trinajstić information content (AvgIpc) is 3.30. The number of nitrogen functional groups attached to an aromatic ring is 1. The molecule has 1 unspecified atom stereocenters. The number of amides is 2. The molecule has 2 aromatic rings. The number of nitrogens with one attached hydrogen (secondary N) is 1. The molecule has 0 spiro atoms. The predicted molar refractivity (Wildman–Crippen MR) is 127 cm³/mol. The van der Waals surface area contributed by atoms with E-state index in [0.29, 0.717) is 16.3 Å². The van der Waals surface area contributed by atoms with Crippen molar-refractivity contribution in [3.05, 3.63) is 44.1 Å². The third kappa shape index (κ3) is 4.36. The first-order chi connectivity index (χ1) is 15.6. The predicted octanol–water partition coefficient (Wildman–Crippen LogP) is 0.441. The highest BCUT2D eigenvalue weighted by atomic mass is 32.2. The normalized spacial score (nSPS) is 24.2. The minimum atomic E-state index is -1.20. The molecule has 13 heteroatoms. The number of β-lactam (4-membered cyclic amide) rings is 1. The molecule has 0 bridgehead atoms. The molecule has 4 rings (SSSR count). The van der Waals surface area contributed by atoms with Crippen LogP contribution in [0.1, 0.15) is 16.1 Å². The van der Waals surface area contributed by atoms with Gasteiger partial charge in [-0.1, -0.05) is 6.07 Å². The molecule has 0 aromatic carbocycles. The Hall–Kier alpha value is -2.51. The van der Waals surface area contributed by atoms with Crippen molar-refractivity contribution in [1.82, 2.24) is 19.9 Å². The number of fused-ring (bicyclic) bond motifs is 1. The van der Waals surface area contributed by atoms with Gasteiger partial charge < -0.3 is 21.2 Å². The lowest BCUT2D eigenvalue weighted by Gasteiger charge is -2.53. The molecule has 2 fully saturated rings. The summed E-state index contributed by atoms with van der Waals surface area (Å²) < 4.78 is 0.957. The van der Waals surface area contributed by atoms with E-state index in [4.69, 9.17) is 5.84 Å². The fraction of sp³-hybridized carbons (Fsp3) is 0.450. The Labute approximate surface area is 201 Å². The van der Waals surface area contributed by atoms with Gasteiger partial charge in [-0.2, -0.15) is 4.98 Å². The molecule has 33 heavy (non-hydrogen) atoms. The molecular weight excluding hydrogens is 486 g/mol. The molecule has 176 valence electrons. The van der Waals surface area contributed by atoms with Crippen molar-refractivity contribution in [2.24, 2.45) is 5.41 Å². The molecule has 10 nitrogen and oxygen atoms in total. The summed E-state index contributed by atoms with van der Waals surface area (Å²) in [6.45, 7) is 3.51. The topological polar surface area (TPSA) is 148 Å². The molecule has 0 radical (unpaired) electrons. The number of carboxylic acids is 1. The van der Waals surface area contributed by atoms with Crippen molar-refractivity contribution in [1.29, 1.82) is 0 Å². The number of hydrogen-bond acceptors (Lipinski definition) is 9. The Morgan fingerprint density at radius 1 is 1.39 bits per heavy atom. The van der Waals surface area contributed by atoms with Crippen LogP contribution in [0.3, 0.4) is 0 Å². The van der Waals surface area contributed by atoms with E-state index in [-0.39, 0.29) is 41.7 Å². The molecule has 0 aliphatic carbocycles. The van der Waals surface area contributed by atoms with Gasteiger partial charge >= 0.3 is 11.7 Å². The van der Waals surface area contributed by atoms with E-state index in [9.17, 15) is 24.3 Å². The summed E-state index contributed by atoms with van der Waals surface area (Å²) in [5.41, 5.74) is -0.550. The van der Waals surface area contributed by atoms with Crippen LogP contribution in [-0.4, -0.2) is 66.9 Å². The highest BCUT2D eigenvalue weighted by Gasteiger charge is 2.57. The zero-order valence-electron chi connectivity index (χ0n) is 17.9. The van der Waals surface area contributed by atoms with Crippen LogP contribution in [0.2, 0.25) is 0 Å². The lowest BCUT2D eigenvalue weighted by atomic mass is 9.89. The van der Waals surface area contributed by atoms with Crippen molar-refractivity contribution < 1.29 is 19.5 Å². The maximum atomic E-state index is 12.7. The zero-order valence-corrected chi connectivity index (χ0v) is 20.4. The van der Waals surface area contributed by atoms with Gasteiger partial charge in [0.1, 0.15) is 21.9 Å². The Morgan fingerprint density at radius 3 is 2.82 bits per heavy atom. The summed E-state index contributed by atoms with van der Waals surface area (Å²) in [6.07, 6.45) is 0.210. The lowest BCUT2D eigenvalue weighted by Crippen LogP contribution is -2.74. The quantitative estimate of drug-likeness (QED) is 0.209. The van der Waals surface area contributed by atoms with Crippen LogP contribution < -0.4 is 16.8 Å². The molecule has 3 atom stereocenters. The number of aromatic nitrogens is 2. The molecule has 2 aliphatic heterocycles. The van der Waals surface area contributed by atoms with Gasteiger partial charge in [-0.25, -0.2) is 9.47 Å². The standard InChI is InChI=1S/C20H23N5O5S3/c1-10-11(2)25(21)19(30)23-15(10)32-8-20(18(28)29)7-24-16(27)14(17(24)33-9-20)22-13(26)6-12-4-3-5-31-12/h3-5,14,17H,6-9,21H2,1-2H3,(H,22,26)(H,28,29)/t14-,17-,20?/m1/s1. The fourth-order valence-electron chi connectivity index (χ4n) is 3.75. The number of carboxylic acid groups (broad SMARTS) is 1.